The van der Waals surface area contributed by atoms with Crippen LogP contribution in [0.3, 0.4) is 0 Å². The van der Waals surface area contributed by atoms with E-state index in [0.717, 1.165) is 23.9 Å². The van der Waals surface area contributed by atoms with Gasteiger partial charge in [0, 0.05) is 18.4 Å². The number of nitrogens with zero attached hydrogens (tertiary/aromatic N) is 2. The molecule has 0 N–H and O–H groups in total. The summed E-state index contributed by atoms with van der Waals surface area (Å²) in [6.45, 7) is 1.47. The minimum absolute atomic E-state index is 0.245. The highest BCUT2D eigenvalue weighted by atomic mass is 79.9. The first-order valence-electron chi connectivity index (χ1n) is 5.58. The van der Waals surface area contributed by atoms with Gasteiger partial charge < -0.3 is 4.74 Å². The Bertz CT molecular complexity index is 356. The van der Waals surface area contributed by atoms with Crippen LogP contribution in [0, 0.1) is 0 Å². The first-order valence-corrected chi connectivity index (χ1v) is 6.81. The van der Waals surface area contributed by atoms with E-state index in [2.05, 4.69) is 21.0 Å². The Kier molecular flexibility index (Phi) is 4.27. The minimum atomic E-state index is 0.245. The SMILES string of the molecule is COCCn1ncc(Br)c1C1CCCC1Cl. The van der Waals surface area contributed by atoms with Gasteiger partial charge in [-0.05, 0) is 28.8 Å². The Morgan fingerprint density at radius 2 is 2.44 bits per heavy atom. The predicted molar refractivity (Wildman–Crippen MR) is 68.0 cm³/mol. The molecular formula is C11H16BrClN2O. The fraction of sp³-hybridized carbons (Fsp3) is 0.727. The summed E-state index contributed by atoms with van der Waals surface area (Å²) in [5.41, 5.74) is 1.23. The van der Waals surface area contributed by atoms with Crippen LogP contribution in [0.25, 0.3) is 0 Å². The van der Waals surface area contributed by atoms with Gasteiger partial charge in [-0.25, -0.2) is 0 Å². The lowest BCUT2D eigenvalue weighted by molar-refractivity contribution is 0.182. The molecule has 0 bridgehead atoms. The van der Waals surface area contributed by atoms with Crippen molar-refractivity contribution in [2.75, 3.05) is 13.7 Å². The van der Waals surface area contributed by atoms with Crippen molar-refractivity contribution in [2.45, 2.75) is 37.1 Å². The number of hydrogen-bond acceptors (Lipinski definition) is 2. The smallest absolute Gasteiger partial charge is 0.0658 e. The summed E-state index contributed by atoms with van der Waals surface area (Å²) in [5.74, 6) is 0.426. The molecule has 1 aliphatic rings. The van der Waals surface area contributed by atoms with Gasteiger partial charge in [-0.3, -0.25) is 4.68 Å². The molecule has 90 valence electrons. The molecule has 0 amide bonds. The van der Waals surface area contributed by atoms with Gasteiger partial charge >= 0.3 is 0 Å². The highest BCUT2D eigenvalue weighted by Crippen LogP contribution is 2.40. The van der Waals surface area contributed by atoms with Crippen molar-refractivity contribution in [2.24, 2.45) is 0 Å². The van der Waals surface area contributed by atoms with E-state index in [1.165, 1.54) is 12.1 Å². The maximum atomic E-state index is 6.35. The summed E-state index contributed by atoms with van der Waals surface area (Å²) in [5, 5.41) is 4.61. The zero-order chi connectivity index (χ0) is 11.5. The topological polar surface area (TPSA) is 27.1 Å². The molecule has 1 saturated carbocycles. The van der Waals surface area contributed by atoms with Crippen molar-refractivity contribution in [3.8, 4) is 0 Å². The lowest BCUT2D eigenvalue weighted by Crippen LogP contribution is -2.15. The Balaban J connectivity index is 2.20. The van der Waals surface area contributed by atoms with E-state index in [9.17, 15) is 0 Å². The van der Waals surface area contributed by atoms with Gasteiger partial charge in [0.15, 0.2) is 0 Å². The lowest BCUT2D eigenvalue weighted by atomic mass is 10.0. The third-order valence-corrected chi connectivity index (χ3v) is 4.26. The van der Waals surface area contributed by atoms with E-state index in [1.807, 2.05) is 10.9 Å². The second kappa shape index (κ2) is 5.52. The first kappa shape index (κ1) is 12.4. The number of hydrogen-bond donors (Lipinski definition) is 0. The quantitative estimate of drug-likeness (QED) is 0.799. The number of ether oxygens (including phenoxy) is 1. The largest absolute Gasteiger partial charge is 0.383 e. The van der Waals surface area contributed by atoms with E-state index >= 15 is 0 Å². The molecule has 0 aromatic carbocycles. The number of halogens is 2. The molecule has 2 atom stereocenters. The summed E-state index contributed by atoms with van der Waals surface area (Å²) in [6, 6.07) is 0. The molecule has 1 fully saturated rings. The molecule has 1 aromatic rings. The predicted octanol–water partition coefficient (Wildman–Crippen LogP) is 3.17. The summed E-state index contributed by atoms with van der Waals surface area (Å²) in [4.78, 5) is 0. The van der Waals surface area contributed by atoms with Crippen LogP contribution in [-0.4, -0.2) is 28.9 Å². The highest BCUT2D eigenvalue weighted by molar-refractivity contribution is 9.10. The van der Waals surface area contributed by atoms with Crippen molar-refractivity contribution < 1.29 is 4.74 Å². The lowest BCUT2D eigenvalue weighted by Gasteiger charge is -2.16. The van der Waals surface area contributed by atoms with Crippen molar-refractivity contribution in [3.63, 3.8) is 0 Å². The van der Waals surface area contributed by atoms with E-state index in [4.69, 9.17) is 16.3 Å². The molecule has 0 spiro atoms. The van der Waals surface area contributed by atoms with Gasteiger partial charge in [0.2, 0.25) is 0 Å². The second-order valence-corrected chi connectivity index (χ2v) is 5.56. The van der Waals surface area contributed by atoms with Crippen LogP contribution in [0.15, 0.2) is 10.7 Å². The zero-order valence-corrected chi connectivity index (χ0v) is 11.7. The molecule has 2 unspecified atom stereocenters. The molecular weight excluding hydrogens is 291 g/mol. The zero-order valence-electron chi connectivity index (χ0n) is 9.33. The van der Waals surface area contributed by atoms with Crippen LogP contribution >= 0.6 is 27.5 Å². The van der Waals surface area contributed by atoms with Crippen LogP contribution in [-0.2, 0) is 11.3 Å². The number of aromatic nitrogens is 2. The first-order chi connectivity index (χ1) is 7.74. The Morgan fingerprint density at radius 3 is 3.06 bits per heavy atom. The van der Waals surface area contributed by atoms with Crippen molar-refractivity contribution in [3.05, 3.63) is 16.4 Å². The van der Waals surface area contributed by atoms with Crippen molar-refractivity contribution >= 4 is 27.5 Å². The molecule has 1 aliphatic carbocycles. The molecule has 3 nitrogen and oxygen atoms in total. The summed E-state index contributed by atoms with van der Waals surface area (Å²) < 4.78 is 8.17. The Labute approximate surface area is 109 Å². The van der Waals surface area contributed by atoms with Crippen molar-refractivity contribution in [1.29, 1.82) is 0 Å². The molecule has 0 radical (unpaired) electrons. The van der Waals surface area contributed by atoms with Crippen molar-refractivity contribution in [1.82, 2.24) is 9.78 Å². The monoisotopic (exact) mass is 306 g/mol. The summed E-state index contributed by atoms with van der Waals surface area (Å²) in [6.07, 6.45) is 5.33. The fourth-order valence-corrected chi connectivity index (χ4v) is 3.31. The maximum absolute atomic E-state index is 6.35. The molecule has 1 heterocycles. The molecule has 0 aliphatic heterocycles. The molecule has 5 heteroatoms. The Hall–Kier alpha value is -0.0600. The molecule has 2 rings (SSSR count). The van der Waals surface area contributed by atoms with Gasteiger partial charge in [0.25, 0.3) is 0 Å². The highest BCUT2D eigenvalue weighted by Gasteiger charge is 2.31. The van der Waals surface area contributed by atoms with E-state index in [1.54, 1.807) is 7.11 Å². The van der Waals surface area contributed by atoms with Crippen LogP contribution in [0.5, 0.6) is 0 Å². The van der Waals surface area contributed by atoms with Crippen LogP contribution in [0.4, 0.5) is 0 Å². The summed E-state index contributed by atoms with van der Waals surface area (Å²) >= 11 is 9.92. The van der Waals surface area contributed by atoms with Crippen LogP contribution in [0.2, 0.25) is 0 Å². The van der Waals surface area contributed by atoms with Crippen LogP contribution in [0.1, 0.15) is 30.9 Å². The normalized spacial score (nSPS) is 25.2. The van der Waals surface area contributed by atoms with Gasteiger partial charge in [0.05, 0.1) is 29.5 Å². The van der Waals surface area contributed by atoms with Gasteiger partial charge in [0.1, 0.15) is 0 Å². The number of rotatable bonds is 4. The number of alkyl halides is 1. The fourth-order valence-electron chi connectivity index (χ4n) is 2.32. The molecule has 0 saturated heterocycles. The van der Waals surface area contributed by atoms with E-state index in [0.29, 0.717) is 12.5 Å². The third-order valence-electron chi connectivity index (χ3n) is 3.12. The van der Waals surface area contributed by atoms with E-state index < -0.39 is 0 Å². The average molecular weight is 308 g/mol. The third kappa shape index (κ3) is 2.44. The molecule has 1 aromatic heterocycles. The standard InChI is InChI=1S/C11H16BrClN2O/c1-16-6-5-15-11(9(12)7-14-15)8-3-2-4-10(8)13/h7-8,10H,2-6H2,1H3. The minimum Gasteiger partial charge on any atom is -0.383 e. The van der Waals surface area contributed by atoms with Gasteiger partial charge in [-0.1, -0.05) is 6.42 Å². The Morgan fingerprint density at radius 1 is 1.62 bits per heavy atom. The van der Waals surface area contributed by atoms with E-state index in [-0.39, 0.29) is 5.38 Å². The van der Waals surface area contributed by atoms with Gasteiger partial charge in [-0.2, -0.15) is 5.10 Å². The van der Waals surface area contributed by atoms with Crippen LogP contribution < -0.4 is 0 Å². The molecule has 16 heavy (non-hydrogen) atoms. The average Bonchev–Trinajstić information content (AvgIpc) is 2.82. The van der Waals surface area contributed by atoms with Gasteiger partial charge in [-0.15, -0.1) is 11.6 Å². The second-order valence-electron chi connectivity index (χ2n) is 4.15. The number of methoxy groups -OCH3 is 1. The summed E-state index contributed by atoms with van der Waals surface area (Å²) in [7, 11) is 1.71. The maximum Gasteiger partial charge on any atom is 0.0658 e.